The van der Waals surface area contributed by atoms with Gasteiger partial charge < -0.3 is 21.2 Å². The second-order valence-electron chi connectivity index (χ2n) is 9.65. The van der Waals surface area contributed by atoms with Crippen molar-refractivity contribution in [1.82, 2.24) is 20.3 Å². The van der Waals surface area contributed by atoms with Crippen molar-refractivity contribution in [1.29, 1.82) is 0 Å². The molecule has 2 aromatic rings. The molecule has 28 heavy (non-hydrogen) atoms. The van der Waals surface area contributed by atoms with Gasteiger partial charge >= 0.3 is 0 Å². The minimum Gasteiger partial charge on any atom is -0.366 e. The molecule has 2 aliphatic heterocycles. The van der Waals surface area contributed by atoms with Crippen molar-refractivity contribution < 1.29 is 10.0 Å². The SMILES string of the molecule is CC1(C)CC(C[C@@]2(c3nc4c(C(N)=O)cccc4[nH]3)CCCN2)C(C)(C)N1O. The summed E-state index contributed by atoms with van der Waals surface area (Å²) in [5, 5.41) is 16.0. The van der Waals surface area contributed by atoms with Crippen molar-refractivity contribution in [2.24, 2.45) is 11.7 Å². The van der Waals surface area contributed by atoms with Crippen molar-refractivity contribution >= 4 is 16.9 Å². The normalized spacial score (nSPS) is 29.5. The summed E-state index contributed by atoms with van der Waals surface area (Å²) in [6.45, 7) is 9.32. The summed E-state index contributed by atoms with van der Waals surface area (Å²) in [5.74, 6) is 0.687. The van der Waals surface area contributed by atoms with Crippen molar-refractivity contribution in [3.05, 3.63) is 29.6 Å². The number of carbonyl (C=O) groups excluding carboxylic acids is 1. The fraction of sp³-hybridized carbons (Fsp3) is 0.619. The number of hydrogen-bond donors (Lipinski definition) is 4. The van der Waals surface area contributed by atoms with E-state index in [4.69, 9.17) is 10.7 Å². The van der Waals surface area contributed by atoms with E-state index in [2.05, 4.69) is 38.0 Å². The smallest absolute Gasteiger partial charge is 0.250 e. The van der Waals surface area contributed by atoms with Crippen molar-refractivity contribution in [2.75, 3.05) is 6.54 Å². The summed E-state index contributed by atoms with van der Waals surface area (Å²) in [6, 6.07) is 5.47. The highest BCUT2D eigenvalue weighted by Gasteiger charge is 2.54. The number of aromatic amines is 1. The van der Waals surface area contributed by atoms with Crippen LogP contribution in [0.25, 0.3) is 11.0 Å². The lowest BCUT2D eigenvalue weighted by atomic mass is 9.76. The maximum absolute atomic E-state index is 11.8. The topological polar surface area (TPSA) is 107 Å². The molecule has 2 aliphatic rings. The van der Waals surface area contributed by atoms with Gasteiger partial charge in [0.05, 0.1) is 16.6 Å². The summed E-state index contributed by atoms with van der Waals surface area (Å²) >= 11 is 0. The predicted octanol–water partition coefficient (Wildman–Crippen LogP) is 2.90. The van der Waals surface area contributed by atoms with E-state index in [1.54, 1.807) is 6.07 Å². The number of carbonyl (C=O) groups is 1. The Labute approximate surface area is 165 Å². The largest absolute Gasteiger partial charge is 0.366 e. The molecule has 7 nitrogen and oxygen atoms in total. The molecule has 2 atom stereocenters. The van der Waals surface area contributed by atoms with Gasteiger partial charge in [-0.15, -0.1) is 0 Å². The first-order valence-electron chi connectivity index (χ1n) is 10.1. The second-order valence-corrected chi connectivity index (χ2v) is 9.65. The fourth-order valence-electron chi connectivity index (χ4n) is 5.37. The standard InChI is InChI=1S/C21H31N5O2/c1-19(2)11-13(20(3,4)26(19)28)12-21(9-6-10-23-21)18-24-15-8-5-7-14(17(22)27)16(15)25-18/h5,7-8,13,23,28H,6,9-12H2,1-4H3,(H2,22,27)(H,24,25)/t13?,21-/m1/s1. The second kappa shape index (κ2) is 6.27. The molecule has 7 heteroatoms. The third kappa shape index (κ3) is 2.84. The van der Waals surface area contributed by atoms with Crippen LogP contribution in [0.3, 0.4) is 0 Å². The Morgan fingerprint density at radius 3 is 2.68 bits per heavy atom. The molecule has 0 aliphatic carbocycles. The van der Waals surface area contributed by atoms with E-state index in [9.17, 15) is 10.0 Å². The zero-order chi connectivity index (χ0) is 20.3. The summed E-state index contributed by atoms with van der Waals surface area (Å²) < 4.78 is 0. The first-order valence-corrected chi connectivity index (χ1v) is 10.1. The molecule has 3 heterocycles. The highest BCUT2D eigenvalue weighted by Crippen LogP contribution is 2.49. The molecular formula is C21H31N5O2. The lowest BCUT2D eigenvalue weighted by Crippen LogP contribution is -2.49. The van der Waals surface area contributed by atoms with Gasteiger partial charge in [-0.25, -0.2) is 4.98 Å². The minimum atomic E-state index is -0.466. The summed E-state index contributed by atoms with van der Waals surface area (Å²) in [5.41, 5.74) is 6.56. The molecule has 0 radical (unpaired) electrons. The van der Waals surface area contributed by atoms with Gasteiger partial charge in [0.15, 0.2) is 0 Å². The van der Waals surface area contributed by atoms with Gasteiger partial charge in [-0.1, -0.05) is 6.07 Å². The number of rotatable bonds is 4. The maximum atomic E-state index is 11.8. The molecule has 4 rings (SSSR count). The van der Waals surface area contributed by atoms with Crippen LogP contribution in [-0.4, -0.2) is 43.8 Å². The van der Waals surface area contributed by atoms with Crippen LogP contribution in [0, 0.1) is 5.92 Å². The van der Waals surface area contributed by atoms with Crippen molar-refractivity contribution in [3.8, 4) is 0 Å². The molecule has 1 amide bonds. The molecule has 152 valence electrons. The van der Waals surface area contributed by atoms with Crippen LogP contribution < -0.4 is 11.1 Å². The molecule has 5 N–H and O–H groups in total. The highest BCUT2D eigenvalue weighted by atomic mass is 16.5. The molecule has 2 saturated heterocycles. The number of imidazole rings is 1. The number of aromatic nitrogens is 2. The Morgan fingerprint density at radius 2 is 2.11 bits per heavy atom. The van der Waals surface area contributed by atoms with E-state index in [0.29, 0.717) is 17.0 Å². The van der Waals surface area contributed by atoms with E-state index < -0.39 is 5.91 Å². The van der Waals surface area contributed by atoms with Crippen LogP contribution in [0.15, 0.2) is 18.2 Å². The molecule has 2 fully saturated rings. The molecule has 0 spiro atoms. The number of hydroxylamine groups is 2. The average molecular weight is 386 g/mol. The van der Waals surface area contributed by atoms with Gasteiger partial charge in [-0.2, -0.15) is 5.06 Å². The van der Waals surface area contributed by atoms with Crippen LogP contribution in [0.1, 0.15) is 69.6 Å². The molecule has 1 unspecified atom stereocenters. The Bertz CT molecular complexity index is 911. The van der Waals surface area contributed by atoms with Crippen molar-refractivity contribution in [3.63, 3.8) is 0 Å². The lowest BCUT2D eigenvalue weighted by Gasteiger charge is -2.38. The van der Waals surface area contributed by atoms with Gasteiger partial charge in [0.1, 0.15) is 11.3 Å². The number of amides is 1. The zero-order valence-electron chi connectivity index (χ0n) is 17.2. The van der Waals surface area contributed by atoms with Gasteiger partial charge in [-0.05, 0) is 78.0 Å². The first-order chi connectivity index (χ1) is 13.1. The van der Waals surface area contributed by atoms with Crippen LogP contribution >= 0.6 is 0 Å². The minimum absolute atomic E-state index is 0.263. The van der Waals surface area contributed by atoms with E-state index in [1.807, 2.05) is 12.1 Å². The number of nitrogens with zero attached hydrogens (tertiary/aromatic N) is 2. The predicted molar refractivity (Wildman–Crippen MR) is 108 cm³/mol. The lowest BCUT2D eigenvalue weighted by molar-refractivity contribution is -0.197. The van der Waals surface area contributed by atoms with Gasteiger partial charge in [0.2, 0.25) is 0 Å². The average Bonchev–Trinajstić information content (AvgIpc) is 3.29. The number of hydrogen-bond acceptors (Lipinski definition) is 5. The molecule has 0 bridgehead atoms. The van der Waals surface area contributed by atoms with E-state index in [-0.39, 0.29) is 16.6 Å². The summed E-state index contributed by atoms with van der Waals surface area (Å²) in [4.78, 5) is 20.1. The third-order valence-corrected chi connectivity index (χ3v) is 6.93. The van der Waals surface area contributed by atoms with Crippen LogP contribution in [0.2, 0.25) is 0 Å². The quantitative estimate of drug-likeness (QED) is 0.647. The molecule has 0 saturated carbocycles. The Balaban J connectivity index is 1.75. The van der Waals surface area contributed by atoms with Crippen molar-refractivity contribution in [2.45, 2.75) is 70.0 Å². The number of primary amides is 1. The summed E-state index contributed by atoms with van der Waals surface area (Å²) in [7, 11) is 0. The zero-order valence-corrected chi connectivity index (χ0v) is 17.2. The van der Waals surface area contributed by atoms with Crippen LogP contribution in [-0.2, 0) is 5.54 Å². The molecule has 1 aromatic carbocycles. The number of para-hydroxylation sites is 1. The highest BCUT2D eigenvalue weighted by molar-refractivity contribution is 6.04. The van der Waals surface area contributed by atoms with Gasteiger partial charge in [0, 0.05) is 11.1 Å². The Morgan fingerprint density at radius 1 is 1.36 bits per heavy atom. The number of H-pyrrole nitrogens is 1. The first kappa shape index (κ1) is 19.4. The monoisotopic (exact) mass is 385 g/mol. The Kier molecular flexibility index (Phi) is 4.34. The molecule has 1 aromatic heterocycles. The van der Waals surface area contributed by atoms with Gasteiger partial charge in [-0.3, -0.25) is 4.79 Å². The third-order valence-electron chi connectivity index (χ3n) is 6.93. The van der Waals surface area contributed by atoms with Crippen LogP contribution in [0.5, 0.6) is 0 Å². The Hall–Kier alpha value is -1.96. The van der Waals surface area contributed by atoms with E-state index in [0.717, 1.165) is 43.6 Å². The van der Waals surface area contributed by atoms with E-state index >= 15 is 0 Å². The number of nitrogens with two attached hydrogens (primary N) is 1. The maximum Gasteiger partial charge on any atom is 0.250 e. The van der Waals surface area contributed by atoms with Crippen LogP contribution in [0.4, 0.5) is 0 Å². The number of benzene rings is 1. The number of nitrogens with one attached hydrogen (secondary N) is 2. The molecular weight excluding hydrogens is 354 g/mol. The fourth-order valence-corrected chi connectivity index (χ4v) is 5.37. The van der Waals surface area contributed by atoms with E-state index in [1.165, 1.54) is 5.06 Å². The summed E-state index contributed by atoms with van der Waals surface area (Å²) in [6.07, 6.45) is 3.81. The van der Waals surface area contributed by atoms with Gasteiger partial charge in [0.25, 0.3) is 5.91 Å². The number of fused-ring (bicyclic) bond motifs is 1.